The number of Topliss-reactive ketones (excluding diaryl/α,β-unsaturated/α-hetero) is 1. The molecule has 3 aliphatic heterocycles. The van der Waals surface area contributed by atoms with Crippen molar-refractivity contribution in [1.29, 1.82) is 0 Å². The summed E-state index contributed by atoms with van der Waals surface area (Å²) in [5.41, 5.74) is 0. The zero-order valence-corrected chi connectivity index (χ0v) is 20.3. The molecule has 11 N–H and O–H groups in total. The third-order valence-corrected chi connectivity index (χ3v) is 6.74. The molecule has 0 aromatic heterocycles. The maximum atomic E-state index is 11.9. The highest BCUT2D eigenvalue weighted by atomic mass is 16.8. The number of hydrogen-bond acceptors (Lipinski definition) is 17. The molecule has 0 aromatic carbocycles. The minimum atomic E-state index is -2.81. The summed E-state index contributed by atoms with van der Waals surface area (Å²) in [6.45, 7) is -0.591. The Morgan fingerprint density at radius 2 is 1.37 bits per heavy atom. The van der Waals surface area contributed by atoms with E-state index < -0.39 is 111 Å². The molecule has 0 saturated carbocycles. The fraction of sp³-hybridized carbons (Fsp3) is 0.952. The summed E-state index contributed by atoms with van der Waals surface area (Å²) >= 11 is 0. The molecular formula is C21H36O17. The predicted molar refractivity (Wildman–Crippen MR) is 115 cm³/mol. The molecule has 0 amide bonds. The van der Waals surface area contributed by atoms with Gasteiger partial charge in [0, 0.05) is 6.42 Å². The number of aliphatic hydroxyl groups is 11. The number of hydrogen-bond donors (Lipinski definition) is 11. The molecule has 0 aromatic rings. The second-order valence-corrected chi connectivity index (χ2v) is 9.51. The molecular weight excluding hydrogens is 524 g/mol. The van der Waals surface area contributed by atoms with Crippen LogP contribution in [-0.4, -0.2) is 167 Å². The second-order valence-electron chi connectivity index (χ2n) is 9.51. The van der Waals surface area contributed by atoms with Crippen molar-refractivity contribution in [2.24, 2.45) is 0 Å². The van der Waals surface area contributed by atoms with Crippen LogP contribution in [0.4, 0.5) is 0 Å². The lowest BCUT2D eigenvalue weighted by molar-refractivity contribution is -0.333. The number of aliphatic hydroxyl groups excluding tert-OH is 9. The van der Waals surface area contributed by atoms with Crippen LogP contribution in [0.3, 0.4) is 0 Å². The highest BCUT2D eigenvalue weighted by Gasteiger charge is 2.78. The maximum absolute atomic E-state index is 11.9. The first-order chi connectivity index (χ1) is 17.7. The summed E-state index contributed by atoms with van der Waals surface area (Å²) in [7, 11) is 0. The van der Waals surface area contributed by atoms with Crippen LogP contribution in [0, 0.1) is 0 Å². The van der Waals surface area contributed by atoms with Crippen LogP contribution in [0.15, 0.2) is 0 Å². The number of ketones is 1. The van der Waals surface area contributed by atoms with Crippen molar-refractivity contribution < 1.29 is 84.7 Å². The summed E-state index contributed by atoms with van der Waals surface area (Å²) in [4.78, 5) is 11.9. The van der Waals surface area contributed by atoms with E-state index in [1.54, 1.807) is 6.92 Å². The topological polar surface area (TPSA) is 289 Å². The van der Waals surface area contributed by atoms with Crippen LogP contribution in [0.25, 0.3) is 0 Å². The third kappa shape index (κ3) is 5.88. The van der Waals surface area contributed by atoms with Crippen molar-refractivity contribution in [2.75, 3.05) is 19.8 Å². The lowest BCUT2D eigenvalue weighted by Crippen LogP contribution is -2.62. The molecule has 3 saturated heterocycles. The van der Waals surface area contributed by atoms with Gasteiger partial charge in [-0.25, -0.2) is 0 Å². The summed E-state index contributed by atoms with van der Waals surface area (Å²) < 4.78 is 25.6. The zero-order valence-electron chi connectivity index (χ0n) is 20.3. The molecule has 0 unspecified atom stereocenters. The normalized spacial score (nSPS) is 46.9. The monoisotopic (exact) mass is 560 g/mol. The molecule has 0 radical (unpaired) electrons. The van der Waals surface area contributed by atoms with Gasteiger partial charge in [0.25, 0.3) is 11.6 Å². The Morgan fingerprint density at radius 1 is 0.842 bits per heavy atom. The van der Waals surface area contributed by atoms with Gasteiger partial charge in [-0.3, -0.25) is 9.53 Å². The highest BCUT2D eigenvalue weighted by Crippen LogP contribution is 2.48. The van der Waals surface area contributed by atoms with Gasteiger partial charge >= 0.3 is 0 Å². The van der Waals surface area contributed by atoms with Crippen LogP contribution in [-0.2, 0) is 28.5 Å². The minimum absolute atomic E-state index is 0.174. The van der Waals surface area contributed by atoms with Gasteiger partial charge in [-0.15, -0.1) is 0 Å². The largest absolute Gasteiger partial charge is 0.394 e. The standard InChI is InChI=1S/C21H36O17/c1-2-3-10(24)20(32)21(33,38-20)17(31)7(23)5-34-18-16(30)14(28)12(26)9(37-18)6-35-19-15(29)13(27)11(25)8(4-22)36-19/h7-9,11-19,22-23,25-33H,2-6H2,1H3/t7-,8-,9-,11-,12-,13+,14+,15-,16-,17-,18+,19+,20-,21+/m1/s1. The molecule has 3 rings (SSSR count). The fourth-order valence-electron chi connectivity index (χ4n) is 4.25. The molecule has 3 heterocycles. The smallest absolute Gasteiger partial charge is 0.288 e. The van der Waals surface area contributed by atoms with Gasteiger partial charge in [0.2, 0.25) is 0 Å². The molecule has 17 heteroatoms. The lowest BCUT2D eigenvalue weighted by atomic mass is 9.98. The molecule has 0 bridgehead atoms. The van der Waals surface area contributed by atoms with Gasteiger partial charge in [-0.2, -0.15) is 0 Å². The van der Waals surface area contributed by atoms with Crippen LogP contribution in [0.2, 0.25) is 0 Å². The Balaban J connectivity index is 1.57. The Kier molecular flexibility index (Phi) is 10.2. The Bertz CT molecular complexity index is 800. The molecule has 0 aliphatic carbocycles. The van der Waals surface area contributed by atoms with Crippen molar-refractivity contribution in [1.82, 2.24) is 0 Å². The van der Waals surface area contributed by atoms with Gasteiger partial charge < -0.3 is 75.1 Å². The second kappa shape index (κ2) is 12.3. The van der Waals surface area contributed by atoms with E-state index in [1.807, 2.05) is 0 Å². The number of carbonyl (C=O) groups excluding carboxylic acids is 1. The van der Waals surface area contributed by atoms with Crippen molar-refractivity contribution >= 4 is 5.78 Å². The van der Waals surface area contributed by atoms with E-state index in [9.17, 15) is 61.0 Å². The van der Waals surface area contributed by atoms with E-state index in [0.717, 1.165) is 0 Å². The SMILES string of the molecule is CCCC(=O)[C@@]1(O)O[C@@]1(O)[C@H](O)[C@H](O)CO[C@H]1O[C@H](CO[C@H]2O[C@H](CO)[C@@H](O)[C@H](O)[C@H]2O)[C@@H](O)[C@H](O)[C@H]1O. The van der Waals surface area contributed by atoms with Crippen LogP contribution in [0.1, 0.15) is 19.8 Å². The van der Waals surface area contributed by atoms with Gasteiger partial charge in [-0.05, 0) is 6.42 Å². The average molecular weight is 561 g/mol. The van der Waals surface area contributed by atoms with Crippen LogP contribution >= 0.6 is 0 Å². The highest BCUT2D eigenvalue weighted by molar-refractivity contribution is 5.89. The van der Waals surface area contributed by atoms with Gasteiger partial charge in [0.1, 0.15) is 61.0 Å². The average Bonchev–Trinajstić information content (AvgIpc) is 3.48. The Hall–Kier alpha value is -0.970. The molecule has 14 atom stereocenters. The zero-order chi connectivity index (χ0) is 28.6. The first-order valence-electron chi connectivity index (χ1n) is 12.0. The van der Waals surface area contributed by atoms with Crippen molar-refractivity contribution in [2.45, 2.75) is 105 Å². The number of carbonyl (C=O) groups is 1. The molecule has 17 nitrogen and oxygen atoms in total. The summed E-state index contributed by atoms with van der Waals surface area (Å²) in [6, 6.07) is 0. The quantitative estimate of drug-likeness (QED) is 0.0988. The van der Waals surface area contributed by atoms with E-state index >= 15 is 0 Å². The molecule has 0 spiro atoms. The van der Waals surface area contributed by atoms with E-state index in [0.29, 0.717) is 6.42 Å². The van der Waals surface area contributed by atoms with E-state index in [4.69, 9.17) is 18.9 Å². The first kappa shape index (κ1) is 31.6. The first-order valence-corrected chi connectivity index (χ1v) is 12.0. The predicted octanol–water partition coefficient (Wildman–Crippen LogP) is -6.87. The lowest BCUT2D eigenvalue weighted by Gasteiger charge is -2.42. The summed E-state index contributed by atoms with van der Waals surface area (Å²) in [6.07, 6.45) is -20.8. The Morgan fingerprint density at radius 3 is 1.92 bits per heavy atom. The minimum Gasteiger partial charge on any atom is -0.394 e. The maximum Gasteiger partial charge on any atom is 0.288 e. The van der Waals surface area contributed by atoms with E-state index in [-0.39, 0.29) is 6.42 Å². The fourth-order valence-corrected chi connectivity index (χ4v) is 4.25. The number of epoxide rings is 1. The number of ether oxygens (including phenoxy) is 5. The third-order valence-electron chi connectivity index (χ3n) is 6.74. The molecule has 3 fully saturated rings. The van der Waals surface area contributed by atoms with Crippen molar-refractivity contribution in [3.05, 3.63) is 0 Å². The van der Waals surface area contributed by atoms with Crippen LogP contribution < -0.4 is 0 Å². The van der Waals surface area contributed by atoms with Gasteiger partial charge in [0.05, 0.1) is 19.8 Å². The van der Waals surface area contributed by atoms with Crippen molar-refractivity contribution in [3.63, 3.8) is 0 Å². The van der Waals surface area contributed by atoms with Gasteiger partial charge in [0.15, 0.2) is 18.4 Å². The Labute approximate surface area is 215 Å². The number of rotatable bonds is 12. The molecule has 38 heavy (non-hydrogen) atoms. The molecule has 3 aliphatic rings. The van der Waals surface area contributed by atoms with Crippen molar-refractivity contribution in [3.8, 4) is 0 Å². The van der Waals surface area contributed by atoms with Crippen LogP contribution in [0.5, 0.6) is 0 Å². The van der Waals surface area contributed by atoms with Gasteiger partial charge in [-0.1, -0.05) is 6.92 Å². The summed E-state index contributed by atoms with van der Waals surface area (Å²) in [5, 5.41) is 110. The van der Waals surface area contributed by atoms with E-state index in [2.05, 4.69) is 4.74 Å². The summed E-state index contributed by atoms with van der Waals surface area (Å²) in [5.74, 6) is -6.46. The van der Waals surface area contributed by atoms with E-state index in [1.165, 1.54) is 0 Å². The molecule has 222 valence electrons.